The lowest BCUT2D eigenvalue weighted by atomic mass is 10.2. The van der Waals surface area contributed by atoms with Crippen molar-refractivity contribution in [1.82, 2.24) is 4.98 Å². The molecule has 2 nitrogen and oxygen atoms in total. The molecule has 0 saturated carbocycles. The largest absolute Gasteiger partial charge is 0.264 e. The topological polar surface area (TPSA) is 25.2 Å². The maximum absolute atomic E-state index is 4.31. The summed E-state index contributed by atoms with van der Waals surface area (Å²) in [5, 5.41) is 0. The second kappa shape index (κ2) is 5.12. The summed E-state index contributed by atoms with van der Waals surface area (Å²) in [6.07, 6.45) is 7.13. The quantitative estimate of drug-likeness (QED) is 0.526. The highest BCUT2D eigenvalue weighted by molar-refractivity contribution is 5.98. The number of pyridine rings is 1. The Labute approximate surface area is 84.7 Å². The van der Waals surface area contributed by atoms with Gasteiger partial charge in [0, 0.05) is 29.9 Å². The Morgan fingerprint density at radius 2 is 2.29 bits per heavy atom. The summed E-state index contributed by atoms with van der Waals surface area (Å²) in [5.41, 5.74) is 3.05. The Balaban J connectivity index is 2.86. The zero-order valence-electron chi connectivity index (χ0n) is 8.57. The summed E-state index contributed by atoms with van der Waals surface area (Å²) in [6, 6.07) is 3.89. The Morgan fingerprint density at radius 3 is 2.86 bits per heavy atom. The third-order valence-electron chi connectivity index (χ3n) is 1.86. The SMILES string of the molecule is C=C/C(C)=C\N=C(C)c1cccnc1. The Morgan fingerprint density at radius 1 is 1.50 bits per heavy atom. The molecule has 1 aromatic rings. The van der Waals surface area contributed by atoms with Gasteiger partial charge < -0.3 is 0 Å². The van der Waals surface area contributed by atoms with Gasteiger partial charge in [-0.2, -0.15) is 0 Å². The van der Waals surface area contributed by atoms with Crippen molar-refractivity contribution in [3.63, 3.8) is 0 Å². The molecule has 0 atom stereocenters. The van der Waals surface area contributed by atoms with Crippen LogP contribution in [0.4, 0.5) is 0 Å². The maximum atomic E-state index is 4.31. The summed E-state index contributed by atoms with van der Waals surface area (Å²) in [6.45, 7) is 7.59. The van der Waals surface area contributed by atoms with E-state index in [1.807, 2.05) is 26.0 Å². The zero-order chi connectivity index (χ0) is 10.4. The van der Waals surface area contributed by atoms with Crippen molar-refractivity contribution in [2.75, 3.05) is 0 Å². The van der Waals surface area contributed by atoms with Crippen LogP contribution in [0.5, 0.6) is 0 Å². The molecule has 72 valence electrons. The molecule has 0 unspecified atom stereocenters. The molecule has 0 saturated heterocycles. The average Bonchev–Trinajstić information content (AvgIpc) is 2.26. The number of aliphatic imine (C=N–C) groups is 1. The molecular weight excluding hydrogens is 172 g/mol. The van der Waals surface area contributed by atoms with Crippen LogP contribution in [0.2, 0.25) is 0 Å². The molecule has 0 fully saturated rings. The van der Waals surface area contributed by atoms with Gasteiger partial charge in [0.15, 0.2) is 0 Å². The van der Waals surface area contributed by atoms with Crippen LogP contribution >= 0.6 is 0 Å². The predicted octanol–water partition coefficient (Wildman–Crippen LogP) is 2.98. The van der Waals surface area contributed by atoms with Crippen LogP contribution in [0, 0.1) is 0 Å². The van der Waals surface area contributed by atoms with E-state index < -0.39 is 0 Å². The van der Waals surface area contributed by atoms with E-state index in [9.17, 15) is 0 Å². The van der Waals surface area contributed by atoms with E-state index in [0.29, 0.717) is 0 Å². The van der Waals surface area contributed by atoms with Gasteiger partial charge in [0.05, 0.1) is 0 Å². The normalized spacial score (nSPS) is 12.7. The molecule has 0 spiro atoms. The molecule has 14 heavy (non-hydrogen) atoms. The lowest BCUT2D eigenvalue weighted by molar-refractivity contribution is 1.30. The second-order valence-corrected chi connectivity index (χ2v) is 3.03. The van der Waals surface area contributed by atoms with E-state index in [-0.39, 0.29) is 0 Å². The molecule has 0 radical (unpaired) electrons. The molecule has 1 heterocycles. The van der Waals surface area contributed by atoms with Crippen LogP contribution in [-0.2, 0) is 0 Å². The number of hydrogen-bond acceptors (Lipinski definition) is 2. The number of aromatic nitrogens is 1. The molecule has 1 aromatic heterocycles. The number of nitrogens with zero attached hydrogens (tertiary/aromatic N) is 2. The molecule has 0 bridgehead atoms. The molecule has 1 rings (SSSR count). The smallest absolute Gasteiger partial charge is 0.0460 e. The first kappa shape index (κ1) is 10.4. The Hall–Kier alpha value is -1.70. The second-order valence-electron chi connectivity index (χ2n) is 3.03. The highest BCUT2D eigenvalue weighted by atomic mass is 14.7. The van der Waals surface area contributed by atoms with Crippen molar-refractivity contribution in [3.8, 4) is 0 Å². The third kappa shape index (κ3) is 2.98. The number of rotatable bonds is 3. The fourth-order valence-corrected chi connectivity index (χ4v) is 0.903. The number of hydrogen-bond donors (Lipinski definition) is 0. The fraction of sp³-hybridized carbons (Fsp3) is 0.167. The lowest BCUT2D eigenvalue weighted by Crippen LogP contribution is -1.93. The highest BCUT2D eigenvalue weighted by Gasteiger charge is 1.93. The minimum atomic E-state index is 0.958. The van der Waals surface area contributed by atoms with Gasteiger partial charge in [-0.1, -0.05) is 18.7 Å². The van der Waals surface area contributed by atoms with Crippen molar-refractivity contribution >= 4 is 5.71 Å². The van der Waals surface area contributed by atoms with E-state index in [2.05, 4.69) is 16.6 Å². The summed E-state index contributed by atoms with van der Waals surface area (Å²) in [4.78, 5) is 8.34. The Bertz CT molecular complexity index is 361. The van der Waals surface area contributed by atoms with Crippen LogP contribution in [0.25, 0.3) is 0 Å². The fourth-order valence-electron chi connectivity index (χ4n) is 0.903. The van der Waals surface area contributed by atoms with Crippen molar-refractivity contribution < 1.29 is 0 Å². The van der Waals surface area contributed by atoms with Crippen molar-refractivity contribution in [2.45, 2.75) is 13.8 Å². The zero-order valence-corrected chi connectivity index (χ0v) is 8.57. The van der Waals surface area contributed by atoms with Gasteiger partial charge in [0.25, 0.3) is 0 Å². The van der Waals surface area contributed by atoms with Crippen LogP contribution in [0.3, 0.4) is 0 Å². The van der Waals surface area contributed by atoms with E-state index in [4.69, 9.17) is 0 Å². The van der Waals surface area contributed by atoms with Crippen LogP contribution in [0.1, 0.15) is 19.4 Å². The van der Waals surface area contributed by atoms with Gasteiger partial charge in [0.2, 0.25) is 0 Å². The van der Waals surface area contributed by atoms with Crippen LogP contribution in [-0.4, -0.2) is 10.7 Å². The van der Waals surface area contributed by atoms with E-state index in [1.54, 1.807) is 24.7 Å². The minimum absolute atomic E-state index is 0.958. The molecule has 0 aliphatic carbocycles. The molecule has 0 aliphatic rings. The van der Waals surface area contributed by atoms with E-state index in [0.717, 1.165) is 16.8 Å². The third-order valence-corrected chi connectivity index (χ3v) is 1.86. The lowest BCUT2D eigenvalue weighted by Gasteiger charge is -1.97. The summed E-state index contributed by atoms with van der Waals surface area (Å²) >= 11 is 0. The first-order valence-corrected chi connectivity index (χ1v) is 4.48. The van der Waals surface area contributed by atoms with Crippen LogP contribution in [0.15, 0.2) is 53.9 Å². The summed E-state index contributed by atoms with van der Waals surface area (Å²) in [5.74, 6) is 0. The van der Waals surface area contributed by atoms with Gasteiger partial charge in [-0.3, -0.25) is 9.98 Å². The van der Waals surface area contributed by atoms with Crippen molar-refractivity contribution in [2.24, 2.45) is 4.99 Å². The molecule has 0 amide bonds. The average molecular weight is 186 g/mol. The van der Waals surface area contributed by atoms with Crippen molar-refractivity contribution in [1.29, 1.82) is 0 Å². The maximum Gasteiger partial charge on any atom is 0.0460 e. The highest BCUT2D eigenvalue weighted by Crippen LogP contribution is 2.00. The first-order chi connectivity index (χ1) is 6.74. The van der Waals surface area contributed by atoms with Gasteiger partial charge in [-0.05, 0) is 25.5 Å². The van der Waals surface area contributed by atoms with E-state index >= 15 is 0 Å². The van der Waals surface area contributed by atoms with Gasteiger partial charge >= 0.3 is 0 Å². The molecule has 0 aliphatic heterocycles. The summed E-state index contributed by atoms with van der Waals surface area (Å²) in [7, 11) is 0. The molecule has 2 heteroatoms. The molecular formula is C12H14N2. The Kier molecular flexibility index (Phi) is 3.80. The van der Waals surface area contributed by atoms with Crippen molar-refractivity contribution in [3.05, 3.63) is 54.5 Å². The summed E-state index contributed by atoms with van der Waals surface area (Å²) < 4.78 is 0. The predicted molar refractivity (Wildman–Crippen MR) is 60.4 cm³/mol. The first-order valence-electron chi connectivity index (χ1n) is 4.48. The minimum Gasteiger partial charge on any atom is -0.264 e. The molecule has 0 aromatic carbocycles. The van der Waals surface area contributed by atoms with Gasteiger partial charge in [-0.25, -0.2) is 0 Å². The number of allylic oxidation sites excluding steroid dienone is 2. The van der Waals surface area contributed by atoms with Crippen LogP contribution < -0.4 is 0 Å². The monoisotopic (exact) mass is 186 g/mol. The van der Waals surface area contributed by atoms with Gasteiger partial charge in [-0.15, -0.1) is 0 Å². The standard InChI is InChI=1S/C12H14N2/c1-4-10(2)8-14-11(3)12-6-5-7-13-9-12/h4-9H,1H2,2-3H3/b10-8-,14-11?. The van der Waals surface area contributed by atoms with Gasteiger partial charge in [0.1, 0.15) is 0 Å². The van der Waals surface area contributed by atoms with E-state index in [1.165, 1.54) is 0 Å². The molecule has 0 N–H and O–H groups in total.